The Morgan fingerprint density at radius 2 is 1.86 bits per heavy atom. The number of hydrogen-bond acceptors (Lipinski definition) is 5. The lowest BCUT2D eigenvalue weighted by Gasteiger charge is -2.38. The molecule has 4 unspecified atom stereocenters. The lowest BCUT2D eigenvalue weighted by molar-refractivity contribution is -0.142. The lowest BCUT2D eigenvalue weighted by Crippen LogP contribution is -2.58. The van der Waals surface area contributed by atoms with Gasteiger partial charge in [0.2, 0.25) is 11.8 Å². The van der Waals surface area contributed by atoms with E-state index in [1.54, 1.807) is 18.9 Å². The largest absolute Gasteiger partial charge is 0.343 e. The Morgan fingerprint density at radius 3 is 2.55 bits per heavy atom. The summed E-state index contributed by atoms with van der Waals surface area (Å²) in [5.41, 5.74) is 0.996. The predicted octanol–water partition coefficient (Wildman–Crippen LogP) is 0.890. The molecule has 1 aromatic rings. The average Bonchev–Trinajstić information content (AvgIpc) is 3.11. The normalized spacial score (nSPS) is 25.5. The molecule has 2 saturated heterocycles. The van der Waals surface area contributed by atoms with Gasteiger partial charge in [-0.2, -0.15) is 0 Å². The van der Waals surface area contributed by atoms with Crippen molar-refractivity contribution in [2.24, 2.45) is 0 Å². The number of likely N-dealkylation sites (N-methyl/N-ethyl adjacent to an activating group) is 1. The molecule has 0 spiro atoms. The number of amides is 2. The zero-order valence-electron chi connectivity index (χ0n) is 17.1. The number of fused-ring (bicyclic) bond motifs is 1. The van der Waals surface area contributed by atoms with Crippen molar-refractivity contribution in [1.29, 1.82) is 0 Å². The monoisotopic (exact) mass is 421 g/mol. The second-order valence-electron chi connectivity index (χ2n) is 8.13. The maximum Gasteiger partial charge on any atom is 0.245 e. The van der Waals surface area contributed by atoms with Crippen LogP contribution in [-0.2, 0) is 25.8 Å². The predicted molar refractivity (Wildman–Crippen MR) is 112 cm³/mol. The van der Waals surface area contributed by atoms with Crippen molar-refractivity contribution < 1.29 is 18.0 Å². The molecule has 2 N–H and O–H groups in total. The molecule has 0 radical (unpaired) electrons. The van der Waals surface area contributed by atoms with Gasteiger partial charge in [0.15, 0.2) is 9.84 Å². The molecular formula is C21H31N3O4S. The fourth-order valence-corrected chi connectivity index (χ4v) is 5.91. The number of nitrogens with one attached hydrogen (secondary N) is 2. The van der Waals surface area contributed by atoms with Crippen LogP contribution in [0.5, 0.6) is 0 Å². The molecule has 2 aliphatic rings. The number of carbonyl (C=O) groups excluding carboxylic acids is 2. The third-order valence-electron chi connectivity index (χ3n) is 6.09. The molecule has 2 amide bonds. The molecule has 29 heavy (non-hydrogen) atoms. The Hall–Kier alpha value is -1.93. The third-order valence-corrected chi connectivity index (χ3v) is 7.81. The molecular weight excluding hydrogens is 390 g/mol. The number of carbonyl (C=O) groups is 2. The van der Waals surface area contributed by atoms with Crippen molar-refractivity contribution in [3.8, 4) is 0 Å². The summed E-state index contributed by atoms with van der Waals surface area (Å²) in [5, 5.41) is 5.69. The van der Waals surface area contributed by atoms with Gasteiger partial charge in [-0.3, -0.25) is 9.59 Å². The van der Waals surface area contributed by atoms with E-state index in [-0.39, 0.29) is 41.4 Å². The fourth-order valence-electron chi connectivity index (χ4n) is 4.29. The first kappa shape index (κ1) is 21.8. The Labute approximate surface area is 173 Å². The van der Waals surface area contributed by atoms with Crippen LogP contribution in [0.25, 0.3) is 0 Å². The molecule has 160 valence electrons. The Balaban J connectivity index is 1.62. The maximum absolute atomic E-state index is 13.0. The SMILES string of the molecule is CNC(C)C(=O)NC1CCC2CCC(CS(=O)(=O)CCc3ccccc3)N2C1=O. The van der Waals surface area contributed by atoms with Crippen molar-refractivity contribution in [1.82, 2.24) is 15.5 Å². The molecule has 8 heteroatoms. The van der Waals surface area contributed by atoms with Crippen molar-refractivity contribution in [3.05, 3.63) is 35.9 Å². The Morgan fingerprint density at radius 1 is 1.17 bits per heavy atom. The van der Waals surface area contributed by atoms with E-state index in [1.165, 1.54) is 0 Å². The molecule has 2 heterocycles. The van der Waals surface area contributed by atoms with Gasteiger partial charge in [-0.25, -0.2) is 8.42 Å². The third kappa shape index (κ3) is 5.36. The number of rotatable bonds is 8. The van der Waals surface area contributed by atoms with Crippen LogP contribution in [-0.4, -0.2) is 67.9 Å². The summed E-state index contributed by atoms with van der Waals surface area (Å²) >= 11 is 0. The van der Waals surface area contributed by atoms with E-state index in [0.29, 0.717) is 19.3 Å². The molecule has 0 aliphatic carbocycles. The van der Waals surface area contributed by atoms with E-state index < -0.39 is 15.9 Å². The molecule has 1 aromatic carbocycles. The molecule has 0 aromatic heterocycles. The number of hydrogen-bond donors (Lipinski definition) is 2. The van der Waals surface area contributed by atoms with E-state index in [4.69, 9.17) is 0 Å². The minimum atomic E-state index is -3.29. The highest BCUT2D eigenvalue weighted by molar-refractivity contribution is 7.91. The maximum atomic E-state index is 13.0. The molecule has 4 atom stereocenters. The molecule has 0 saturated carbocycles. The van der Waals surface area contributed by atoms with Crippen LogP contribution in [0.1, 0.15) is 38.2 Å². The van der Waals surface area contributed by atoms with Crippen LogP contribution >= 0.6 is 0 Å². The summed E-state index contributed by atoms with van der Waals surface area (Å²) in [6.07, 6.45) is 3.42. The summed E-state index contributed by atoms with van der Waals surface area (Å²) < 4.78 is 25.4. The molecule has 3 rings (SSSR count). The zero-order chi connectivity index (χ0) is 21.0. The second kappa shape index (κ2) is 9.26. The van der Waals surface area contributed by atoms with Crippen LogP contribution in [0.2, 0.25) is 0 Å². The highest BCUT2D eigenvalue weighted by Gasteiger charge is 2.44. The average molecular weight is 422 g/mol. The van der Waals surface area contributed by atoms with Gasteiger partial charge in [0, 0.05) is 12.1 Å². The summed E-state index contributed by atoms with van der Waals surface area (Å²) in [4.78, 5) is 26.9. The van der Waals surface area contributed by atoms with Crippen molar-refractivity contribution >= 4 is 21.7 Å². The van der Waals surface area contributed by atoms with Gasteiger partial charge in [0.25, 0.3) is 0 Å². The van der Waals surface area contributed by atoms with E-state index in [0.717, 1.165) is 18.4 Å². The van der Waals surface area contributed by atoms with E-state index in [2.05, 4.69) is 10.6 Å². The quantitative estimate of drug-likeness (QED) is 0.650. The summed E-state index contributed by atoms with van der Waals surface area (Å²) in [5.74, 6) is -0.274. The van der Waals surface area contributed by atoms with Crippen LogP contribution in [0.15, 0.2) is 30.3 Å². The summed E-state index contributed by atoms with van der Waals surface area (Å²) in [6.45, 7) is 1.74. The van der Waals surface area contributed by atoms with Gasteiger partial charge in [0.1, 0.15) is 6.04 Å². The fraction of sp³-hybridized carbons (Fsp3) is 0.619. The number of nitrogens with zero attached hydrogens (tertiary/aromatic N) is 1. The smallest absolute Gasteiger partial charge is 0.245 e. The van der Waals surface area contributed by atoms with Crippen LogP contribution in [0.4, 0.5) is 0 Å². The molecule has 2 aliphatic heterocycles. The lowest BCUT2D eigenvalue weighted by atomic mass is 9.98. The van der Waals surface area contributed by atoms with Gasteiger partial charge in [-0.1, -0.05) is 30.3 Å². The number of sulfone groups is 1. The van der Waals surface area contributed by atoms with Crippen LogP contribution in [0.3, 0.4) is 0 Å². The second-order valence-corrected chi connectivity index (χ2v) is 10.4. The topological polar surface area (TPSA) is 95.6 Å². The van der Waals surface area contributed by atoms with Gasteiger partial charge in [-0.05, 0) is 51.6 Å². The first-order valence-electron chi connectivity index (χ1n) is 10.3. The van der Waals surface area contributed by atoms with Gasteiger partial charge in [0.05, 0.1) is 17.5 Å². The van der Waals surface area contributed by atoms with E-state index in [1.807, 2.05) is 30.3 Å². The standard InChI is InChI=1S/C21H31N3O4S/c1-15(22-2)20(25)23-19-11-10-17-8-9-18(24(17)21(19)26)14-29(27,28)13-12-16-6-4-3-5-7-16/h3-7,15,17-19,22H,8-14H2,1-2H3,(H,23,25). The number of piperidine rings is 1. The van der Waals surface area contributed by atoms with Crippen molar-refractivity contribution in [2.75, 3.05) is 18.6 Å². The minimum absolute atomic E-state index is 0.00431. The molecule has 0 bridgehead atoms. The minimum Gasteiger partial charge on any atom is -0.343 e. The van der Waals surface area contributed by atoms with Crippen molar-refractivity contribution in [2.45, 2.75) is 63.2 Å². The van der Waals surface area contributed by atoms with Crippen LogP contribution in [0, 0.1) is 0 Å². The number of aryl methyl sites for hydroxylation is 1. The summed E-state index contributed by atoms with van der Waals surface area (Å²) in [6, 6.07) is 8.41. The highest BCUT2D eigenvalue weighted by Crippen LogP contribution is 2.33. The van der Waals surface area contributed by atoms with Crippen LogP contribution < -0.4 is 10.6 Å². The van der Waals surface area contributed by atoms with E-state index in [9.17, 15) is 18.0 Å². The van der Waals surface area contributed by atoms with Crippen molar-refractivity contribution in [3.63, 3.8) is 0 Å². The molecule has 2 fully saturated rings. The first-order chi connectivity index (χ1) is 13.8. The zero-order valence-corrected chi connectivity index (χ0v) is 18.0. The van der Waals surface area contributed by atoms with E-state index >= 15 is 0 Å². The van der Waals surface area contributed by atoms with Gasteiger partial charge >= 0.3 is 0 Å². The van der Waals surface area contributed by atoms with Gasteiger partial charge in [-0.15, -0.1) is 0 Å². The Kier molecular flexibility index (Phi) is 6.95. The Bertz CT molecular complexity index is 828. The number of benzene rings is 1. The summed E-state index contributed by atoms with van der Waals surface area (Å²) in [7, 11) is -1.59. The highest BCUT2D eigenvalue weighted by atomic mass is 32.2. The molecule has 7 nitrogen and oxygen atoms in total. The van der Waals surface area contributed by atoms with Gasteiger partial charge < -0.3 is 15.5 Å². The first-order valence-corrected chi connectivity index (χ1v) is 12.2.